The molecule has 2 aromatic rings. The topological polar surface area (TPSA) is 17.1 Å². The van der Waals surface area contributed by atoms with Gasteiger partial charge in [-0.3, -0.25) is 4.57 Å². The Hall–Kier alpha value is -0.460. The summed E-state index contributed by atoms with van der Waals surface area (Å²) < 4.78 is 12.7. The van der Waals surface area contributed by atoms with Crippen molar-refractivity contribution in [2.75, 3.05) is 0 Å². The molecule has 2 aromatic carbocycles. The maximum absolute atomic E-state index is 12.7. The standard InChI is InChI=1S/C12H8Cl3OP/c13-9-5-1-3-7-11(9)17(15,16)12-8-4-2-6-10(12)14/h1-8H. The van der Waals surface area contributed by atoms with Crippen LogP contribution in [0.1, 0.15) is 0 Å². The smallest absolute Gasteiger partial charge is 0.228 e. The van der Waals surface area contributed by atoms with Crippen LogP contribution < -0.4 is 10.6 Å². The van der Waals surface area contributed by atoms with E-state index in [1.54, 1.807) is 48.5 Å². The number of halogens is 3. The maximum Gasteiger partial charge on any atom is 0.228 e. The second-order valence-electron chi connectivity index (χ2n) is 3.44. The Morgan fingerprint density at radius 2 is 1.12 bits per heavy atom. The lowest BCUT2D eigenvalue weighted by Crippen LogP contribution is -2.13. The van der Waals surface area contributed by atoms with Gasteiger partial charge in [0.15, 0.2) is 0 Å². The second-order valence-corrected chi connectivity index (χ2v) is 7.71. The molecule has 17 heavy (non-hydrogen) atoms. The largest absolute Gasteiger partial charge is 0.296 e. The molecule has 0 N–H and O–H groups in total. The quantitative estimate of drug-likeness (QED) is 0.749. The Morgan fingerprint density at radius 1 is 0.765 bits per heavy atom. The highest BCUT2D eigenvalue weighted by Gasteiger charge is 2.28. The lowest BCUT2D eigenvalue weighted by molar-refractivity contribution is 0.595. The van der Waals surface area contributed by atoms with Crippen LogP contribution in [0, 0.1) is 0 Å². The summed E-state index contributed by atoms with van der Waals surface area (Å²) >= 11 is 18.2. The van der Waals surface area contributed by atoms with E-state index in [1.165, 1.54) is 0 Å². The fraction of sp³-hybridized carbons (Fsp3) is 0. The van der Waals surface area contributed by atoms with Crippen molar-refractivity contribution in [2.24, 2.45) is 0 Å². The van der Waals surface area contributed by atoms with Gasteiger partial charge in [0.2, 0.25) is 6.49 Å². The Bertz CT molecular complexity index is 548. The molecule has 0 radical (unpaired) electrons. The minimum atomic E-state index is -3.26. The highest BCUT2D eigenvalue weighted by atomic mass is 35.7. The summed E-state index contributed by atoms with van der Waals surface area (Å²) in [7, 11) is 0. The molecular weight excluding hydrogens is 297 g/mol. The average molecular weight is 306 g/mol. The van der Waals surface area contributed by atoms with Gasteiger partial charge in [0.05, 0.1) is 10.0 Å². The first kappa shape index (κ1) is 13.0. The molecule has 88 valence electrons. The van der Waals surface area contributed by atoms with Crippen molar-refractivity contribution in [1.29, 1.82) is 0 Å². The highest BCUT2D eigenvalue weighted by Crippen LogP contribution is 2.51. The summed E-state index contributed by atoms with van der Waals surface area (Å²) in [4.78, 5) is 0. The van der Waals surface area contributed by atoms with E-state index in [2.05, 4.69) is 0 Å². The zero-order chi connectivity index (χ0) is 12.5. The molecule has 5 heteroatoms. The van der Waals surface area contributed by atoms with E-state index in [1.807, 2.05) is 0 Å². The van der Waals surface area contributed by atoms with Gasteiger partial charge in [0, 0.05) is 10.6 Å². The lowest BCUT2D eigenvalue weighted by Gasteiger charge is -2.13. The van der Waals surface area contributed by atoms with Gasteiger partial charge >= 0.3 is 0 Å². The first-order valence-corrected chi connectivity index (χ1v) is 8.20. The Labute approximate surface area is 114 Å². The highest BCUT2D eigenvalue weighted by molar-refractivity contribution is 8.00. The molecule has 0 heterocycles. The van der Waals surface area contributed by atoms with E-state index < -0.39 is 6.49 Å². The Morgan fingerprint density at radius 3 is 1.47 bits per heavy atom. The number of hydrogen-bond acceptors (Lipinski definition) is 1. The predicted octanol–water partition coefficient (Wildman–Crippen LogP) is 4.46. The van der Waals surface area contributed by atoms with Crippen LogP contribution in [-0.2, 0) is 4.57 Å². The van der Waals surface area contributed by atoms with Gasteiger partial charge in [0.1, 0.15) is 0 Å². The number of hydrogen-bond donors (Lipinski definition) is 0. The predicted molar refractivity (Wildman–Crippen MR) is 75.6 cm³/mol. The molecule has 0 unspecified atom stereocenters. The SMILES string of the molecule is O=P(Cl)(c1ccccc1Cl)c1ccccc1Cl. The summed E-state index contributed by atoms with van der Waals surface area (Å²) in [6.45, 7) is -3.26. The third kappa shape index (κ3) is 2.53. The molecule has 0 bridgehead atoms. The van der Waals surface area contributed by atoms with Crippen LogP contribution in [0.3, 0.4) is 0 Å². The molecule has 0 aliphatic heterocycles. The van der Waals surface area contributed by atoms with E-state index in [-0.39, 0.29) is 0 Å². The fourth-order valence-corrected chi connectivity index (χ4v) is 5.14. The molecule has 0 spiro atoms. The zero-order valence-corrected chi connectivity index (χ0v) is 11.8. The summed E-state index contributed by atoms with van der Waals surface area (Å²) in [5.74, 6) is 0. The molecule has 0 saturated heterocycles. The van der Waals surface area contributed by atoms with E-state index in [9.17, 15) is 4.57 Å². The molecular formula is C12H8Cl3OP. The molecule has 0 aromatic heterocycles. The van der Waals surface area contributed by atoms with Crippen LogP contribution in [0.25, 0.3) is 0 Å². The molecule has 0 amide bonds. The van der Waals surface area contributed by atoms with Gasteiger partial charge in [0.25, 0.3) is 0 Å². The van der Waals surface area contributed by atoms with Gasteiger partial charge in [-0.2, -0.15) is 0 Å². The third-order valence-electron chi connectivity index (χ3n) is 2.32. The first-order valence-electron chi connectivity index (χ1n) is 4.83. The van der Waals surface area contributed by atoms with Crippen LogP contribution in [0.15, 0.2) is 48.5 Å². The van der Waals surface area contributed by atoms with Crippen molar-refractivity contribution in [3.63, 3.8) is 0 Å². The molecule has 0 aliphatic carbocycles. The monoisotopic (exact) mass is 304 g/mol. The summed E-state index contributed by atoms with van der Waals surface area (Å²) in [6.07, 6.45) is 0. The van der Waals surface area contributed by atoms with Gasteiger partial charge in [-0.15, -0.1) is 0 Å². The minimum absolute atomic E-state index is 0.380. The summed E-state index contributed by atoms with van der Waals surface area (Å²) in [5.41, 5.74) is 0. The summed E-state index contributed by atoms with van der Waals surface area (Å²) in [5, 5.41) is 1.59. The van der Waals surface area contributed by atoms with Crippen molar-refractivity contribution in [3.05, 3.63) is 58.6 Å². The zero-order valence-electron chi connectivity index (χ0n) is 8.61. The van der Waals surface area contributed by atoms with Gasteiger partial charge in [-0.05, 0) is 35.5 Å². The molecule has 0 atom stereocenters. The van der Waals surface area contributed by atoms with E-state index in [0.29, 0.717) is 20.7 Å². The molecule has 2 rings (SSSR count). The maximum atomic E-state index is 12.7. The third-order valence-corrected chi connectivity index (χ3v) is 6.36. The lowest BCUT2D eigenvalue weighted by atomic mass is 10.4. The van der Waals surface area contributed by atoms with Crippen molar-refractivity contribution in [2.45, 2.75) is 0 Å². The Kier molecular flexibility index (Phi) is 3.85. The van der Waals surface area contributed by atoms with Crippen LogP contribution in [0.4, 0.5) is 0 Å². The van der Waals surface area contributed by atoms with E-state index >= 15 is 0 Å². The van der Waals surface area contributed by atoms with Crippen molar-refractivity contribution < 1.29 is 4.57 Å². The van der Waals surface area contributed by atoms with Gasteiger partial charge in [-0.25, -0.2) is 0 Å². The first-order chi connectivity index (χ1) is 8.03. The molecule has 0 aliphatic rings. The molecule has 0 fully saturated rings. The van der Waals surface area contributed by atoms with Crippen LogP contribution in [0.2, 0.25) is 10.0 Å². The molecule has 0 saturated carbocycles. The van der Waals surface area contributed by atoms with Crippen molar-refractivity contribution in [3.8, 4) is 0 Å². The summed E-state index contributed by atoms with van der Waals surface area (Å²) in [6, 6.07) is 13.6. The average Bonchev–Trinajstić information content (AvgIpc) is 2.29. The van der Waals surface area contributed by atoms with Crippen LogP contribution in [-0.4, -0.2) is 0 Å². The van der Waals surface area contributed by atoms with Gasteiger partial charge in [-0.1, -0.05) is 47.5 Å². The Balaban J connectivity index is 2.63. The normalized spacial score (nSPS) is 11.5. The van der Waals surface area contributed by atoms with Crippen LogP contribution in [0.5, 0.6) is 0 Å². The van der Waals surface area contributed by atoms with Crippen molar-refractivity contribution in [1.82, 2.24) is 0 Å². The van der Waals surface area contributed by atoms with E-state index in [4.69, 9.17) is 34.4 Å². The fourth-order valence-electron chi connectivity index (χ4n) is 1.50. The minimum Gasteiger partial charge on any atom is -0.296 e. The number of rotatable bonds is 2. The van der Waals surface area contributed by atoms with Gasteiger partial charge < -0.3 is 0 Å². The molecule has 1 nitrogen and oxygen atoms in total. The van der Waals surface area contributed by atoms with Crippen LogP contribution >= 0.6 is 40.9 Å². The number of benzene rings is 2. The second kappa shape index (κ2) is 5.04. The van der Waals surface area contributed by atoms with E-state index in [0.717, 1.165) is 0 Å². The van der Waals surface area contributed by atoms with Crippen molar-refractivity contribution >= 4 is 51.5 Å².